The molecule has 3 rings (SSSR count). The molecule has 6 nitrogen and oxygen atoms in total. The lowest BCUT2D eigenvalue weighted by Gasteiger charge is -2.23. The van der Waals surface area contributed by atoms with Gasteiger partial charge >= 0.3 is 0 Å². The fourth-order valence-electron chi connectivity index (χ4n) is 1.96. The van der Waals surface area contributed by atoms with Gasteiger partial charge in [0.05, 0.1) is 11.6 Å². The van der Waals surface area contributed by atoms with Crippen LogP contribution in [-0.2, 0) is 0 Å². The molecule has 0 aliphatic carbocycles. The minimum atomic E-state index is 0.459. The van der Waals surface area contributed by atoms with Crippen LogP contribution in [0.15, 0.2) is 16.9 Å². The third-order valence-electron chi connectivity index (χ3n) is 3.00. The molecule has 2 aromatic rings. The zero-order valence-electron chi connectivity index (χ0n) is 9.05. The van der Waals surface area contributed by atoms with E-state index in [1.54, 1.807) is 12.4 Å². The van der Waals surface area contributed by atoms with Crippen LogP contribution < -0.4 is 10.2 Å². The van der Waals surface area contributed by atoms with Gasteiger partial charge in [-0.15, -0.1) is 0 Å². The number of aromatic nitrogens is 3. The number of nitrogens with zero attached hydrogens (tertiary/aromatic N) is 4. The maximum absolute atomic E-state index is 5.03. The van der Waals surface area contributed by atoms with Crippen molar-refractivity contribution < 1.29 is 4.52 Å². The van der Waals surface area contributed by atoms with Gasteiger partial charge in [-0.1, -0.05) is 5.16 Å². The summed E-state index contributed by atoms with van der Waals surface area (Å²) in [7, 11) is 2.01. The molecule has 0 aromatic carbocycles. The lowest BCUT2D eigenvalue weighted by Crippen LogP contribution is -2.34. The van der Waals surface area contributed by atoms with Crippen molar-refractivity contribution in [1.82, 2.24) is 20.4 Å². The zero-order chi connectivity index (χ0) is 11.0. The average Bonchev–Trinajstić information content (AvgIpc) is 2.98. The number of hydrogen-bond donors (Lipinski definition) is 1. The van der Waals surface area contributed by atoms with Gasteiger partial charge in [0, 0.05) is 25.8 Å². The summed E-state index contributed by atoms with van der Waals surface area (Å²) in [6.45, 7) is 2.04. The van der Waals surface area contributed by atoms with Crippen molar-refractivity contribution in [1.29, 1.82) is 0 Å². The molecule has 1 atom stereocenters. The first-order chi connectivity index (χ1) is 7.84. The Bertz CT molecular complexity index is 491. The van der Waals surface area contributed by atoms with Gasteiger partial charge in [0.15, 0.2) is 0 Å². The number of hydrogen-bond acceptors (Lipinski definition) is 6. The maximum Gasteiger partial charge on any atom is 0.262 e. The van der Waals surface area contributed by atoms with Gasteiger partial charge in [-0.25, -0.2) is 4.98 Å². The van der Waals surface area contributed by atoms with Crippen molar-refractivity contribution in [2.24, 2.45) is 0 Å². The van der Waals surface area contributed by atoms with Crippen LogP contribution in [0.5, 0.6) is 0 Å². The van der Waals surface area contributed by atoms with E-state index in [0.29, 0.717) is 17.7 Å². The highest BCUT2D eigenvalue weighted by molar-refractivity contribution is 5.71. The van der Waals surface area contributed by atoms with Crippen molar-refractivity contribution in [3.05, 3.63) is 12.4 Å². The predicted molar refractivity (Wildman–Crippen MR) is 59.3 cm³/mol. The van der Waals surface area contributed by atoms with Gasteiger partial charge in [-0.2, -0.15) is 4.98 Å². The van der Waals surface area contributed by atoms with E-state index >= 15 is 0 Å². The first-order valence-electron chi connectivity index (χ1n) is 5.35. The first kappa shape index (κ1) is 9.53. The van der Waals surface area contributed by atoms with E-state index in [2.05, 4.69) is 25.3 Å². The summed E-state index contributed by atoms with van der Waals surface area (Å²) < 4.78 is 5.03. The molecular formula is C10H13N5O. The van der Waals surface area contributed by atoms with Crippen LogP contribution in [0.2, 0.25) is 0 Å². The number of anilines is 1. The number of likely N-dealkylation sites (N-methyl/N-ethyl adjacent to an activating group) is 1. The Hall–Kier alpha value is -1.69. The van der Waals surface area contributed by atoms with E-state index in [-0.39, 0.29) is 0 Å². The highest BCUT2D eigenvalue weighted by Crippen LogP contribution is 2.17. The van der Waals surface area contributed by atoms with Crippen molar-refractivity contribution in [2.45, 2.75) is 12.5 Å². The van der Waals surface area contributed by atoms with Crippen LogP contribution in [0.4, 0.5) is 5.95 Å². The van der Waals surface area contributed by atoms with Crippen LogP contribution in [0.25, 0.3) is 11.1 Å². The highest BCUT2D eigenvalue weighted by atomic mass is 16.5. The molecule has 1 saturated heterocycles. The summed E-state index contributed by atoms with van der Waals surface area (Å²) in [5.41, 5.74) is 0.544. The van der Waals surface area contributed by atoms with Crippen LogP contribution >= 0.6 is 0 Å². The van der Waals surface area contributed by atoms with Crippen LogP contribution in [0.3, 0.4) is 0 Å². The Kier molecular flexibility index (Phi) is 2.21. The van der Waals surface area contributed by atoms with Crippen LogP contribution in [0.1, 0.15) is 6.42 Å². The van der Waals surface area contributed by atoms with Gasteiger partial charge in [0.25, 0.3) is 5.71 Å². The summed E-state index contributed by atoms with van der Waals surface area (Å²) in [5.74, 6) is 0.693. The summed E-state index contributed by atoms with van der Waals surface area (Å²) in [4.78, 5) is 10.7. The van der Waals surface area contributed by atoms with Crippen molar-refractivity contribution >= 4 is 17.0 Å². The molecule has 0 saturated carbocycles. The Labute approximate surface area is 92.6 Å². The fraction of sp³-hybridized carbons (Fsp3) is 0.500. The Morgan fingerprint density at radius 1 is 1.50 bits per heavy atom. The summed E-state index contributed by atoms with van der Waals surface area (Å²) in [6, 6.07) is 0.459. The summed E-state index contributed by atoms with van der Waals surface area (Å²) >= 11 is 0. The quantitative estimate of drug-likeness (QED) is 0.789. The van der Waals surface area contributed by atoms with Crippen molar-refractivity contribution in [3.63, 3.8) is 0 Å². The fourth-order valence-corrected chi connectivity index (χ4v) is 1.96. The molecule has 2 aromatic heterocycles. The second kappa shape index (κ2) is 3.71. The van der Waals surface area contributed by atoms with Gasteiger partial charge in [-0.3, -0.25) is 0 Å². The van der Waals surface area contributed by atoms with Crippen molar-refractivity contribution in [3.8, 4) is 0 Å². The molecule has 6 heteroatoms. The third-order valence-corrected chi connectivity index (χ3v) is 3.00. The van der Waals surface area contributed by atoms with E-state index < -0.39 is 0 Å². The molecule has 1 unspecified atom stereocenters. The van der Waals surface area contributed by atoms with E-state index in [1.807, 2.05) is 7.05 Å². The molecule has 0 radical (unpaired) electrons. The van der Waals surface area contributed by atoms with E-state index in [4.69, 9.17) is 4.52 Å². The predicted octanol–water partition coefficient (Wildman–Crippen LogP) is 0.416. The summed E-state index contributed by atoms with van der Waals surface area (Å²) in [6.07, 6.45) is 4.48. The second-order valence-electron chi connectivity index (χ2n) is 4.01. The maximum atomic E-state index is 5.03. The smallest absolute Gasteiger partial charge is 0.262 e. The van der Waals surface area contributed by atoms with Gasteiger partial charge in [0.2, 0.25) is 5.95 Å². The van der Waals surface area contributed by atoms with Crippen molar-refractivity contribution in [2.75, 3.05) is 25.0 Å². The number of fused-ring (bicyclic) bond motifs is 1. The molecule has 0 amide bonds. The minimum Gasteiger partial charge on any atom is -0.339 e. The molecule has 84 valence electrons. The molecule has 0 bridgehead atoms. The van der Waals surface area contributed by atoms with E-state index in [0.717, 1.165) is 24.9 Å². The standard InChI is InChI=1S/C10H13N5O/c1-15(8-2-3-11-6-8)10-12-4-7-5-13-16-9(7)14-10/h4-5,8,11H,2-3,6H2,1H3. The normalized spacial score (nSPS) is 20.4. The zero-order valence-corrected chi connectivity index (χ0v) is 9.05. The molecule has 16 heavy (non-hydrogen) atoms. The Balaban J connectivity index is 1.91. The topological polar surface area (TPSA) is 67.1 Å². The molecule has 1 fully saturated rings. The van der Waals surface area contributed by atoms with Gasteiger partial charge in [-0.05, 0) is 13.0 Å². The van der Waals surface area contributed by atoms with E-state index in [1.165, 1.54) is 0 Å². The minimum absolute atomic E-state index is 0.459. The second-order valence-corrected chi connectivity index (χ2v) is 4.01. The SMILES string of the molecule is CN(c1ncc2cnoc2n1)C1CCNC1. The molecule has 0 spiro atoms. The lowest BCUT2D eigenvalue weighted by molar-refractivity contribution is 0.448. The molecule has 3 heterocycles. The molecular weight excluding hydrogens is 206 g/mol. The van der Waals surface area contributed by atoms with Gasteiger partial charge in [0.1, 0.15) is 0 Å². The summed E-state index contributed by atoms with van der Waals surface area (Å²) in [5, 5.41) is 7.85. The van der Waals surface area contributed by atoms with Gasteiger partial charge < -0.3 is 14.7 Å². The Morgan fingerprint density at radius 2 is 2.44 bits per heavy atom. The molecule has 1 N–H and O–H groups in total. The molecule has 1 aliphatic heterocycles. The highest BCUT2D eigenvalue weighted by Gasteiger charge is 2.21. The van der Waals surface area contributed by atoms with Crippen LogP contribution in [0, 0.1) is 0 Å². The van der Waals surface area contributed by atoms with E-state index in [9.17, 15) is 0 Å². The van der Waals surface area contributed by atoms with Crippen LogP contribution in [-0.4, -0.2) is 41.3 Å². The lowest BCUT2D eigenvalue weighted by atomic mass is 10.2. The monoisotopic (exact) mass is 219 g/mol. The largest absolute Gasteiger partial charge is 0.339 e. The average molecular weight is 219 g/mol. The first-order valence-corrected chi connectivity index (χ1v) is 5.35. The molecule has 1 aliphatic rings. The number of nitrogens with one attached hydrogen (secondary N) is 1. The third kappa shape index (κ3) is 1.51. The Morgan fingerprint density at radius 3 is 3.25 bits per heavy atom. The number of rotatable bonds is 2.